The largest absolute Gasteiger partial charge is 0.478 e. The average Bonchev–Trinajstić information content (AvgIpc) is 3.16. The summed E-state index contributed by atoms with van der Waals surface area (Å²) < 4.78 is 11.8. The summed E-state index contributed by atoms with van der Waals surface area (Å²) in [5.74, 6) is -2.51. The first kappa shape index (κ1) is 26.7. The first-order chi connectivity index (χ1) is 16.5. The molecule has 1 saturated carbocycles. The number of nitrogens with zero attached hydrogens (tertiary/aromatic N) is 2. The van der Waals surface area contributed by atoms with Crippen molar-refractivity contribution in [2.24, 2.45) is 0 Å². The topological polar surface area (TPSA) is 117 Å². The molecule has 4 rings (SSSR count). The lowest BCUT2D eigenvalue weighted by Crippen LogP contribution is -2.54. The number of benzene rings is 1. The van der Waals surface area contributed by atoms with Crippen LogP contribution in [0.25, 0.3) is 0 Å². The molecular weight excluding hydrogens is 452 g/mol. The van der Waals surface area contributed by atoms with Gasteiger partial charge in [0, 0.05) is 44.4 Å². The van der Waals surface area contributed by atoms with E-state index in [-0.39, 0.29) is 11.7 Å². The Morgan fingerprint density at radius 2 is 1.57 bits per heavy atom. The van der Waals surface area contributed by atoms with Crippen molar-refractivity contribution in [3.05, 3.63) is 47.5 Å². The third-order valence-corrected chi connectivity index (χ3v) is 6.63. The smallest absolute Gasteiger partial charge is 0.410 e. The molecule has 2 N–H and O–H groups in total. The first-order valence-corrected chi connectivity index (χ1v) is 12.1. The molecule has 9 heteroatoms. The molecule has 3 aliphatic rings. The number of carboxylic acid groups (broad SMARTS) is 2. The summed E-state index contributed by atoms with van der Waals surface area (Å²) in [6.45, 7) is 9.91. The number of hydrogen-bond donors (Lipinski definition) is 2. The highest BCUT2D eigenvalue weighted by Gasteiger charge is 2.44. The van der Waals surface area contributed by atoms with Crippen molar-refractivity contribution in [1.29, 1.82) is 0 Å². The molecule has 2 heterocycles. The number of piperazine rings is 1. The maximum absolute atomic E-state index is 12.3. The van der Waals surface area contributed by atoms with E-state index in [2.05, 4.69) is 29.2 Å². The molecule has 2 aliphatic heterocycles. The van der Waals surface area contributed by atoms with Gasteiger partial charge in [-0.15, -0.1) is 0 Å². The van der Waals surface area contributed by atoms with Gasteiger partial charge in [0.15, 0.2) is 0 Å². The molecular formula is C26H36N2O7. The second kappa shape index (κ2) is 11.2. The van der Waals surface area contributed by atoms with Crippen molar-refractivity contribution < 1.29 is 34.1 Å². The van der Waals surface area contributed by atoms with Crippen LogP contribution in [0.1, 0.15) is 57.6 Å². The standard InChI is InChI=1S/C22H32N2O3.C4H4O4/c1-21(2,3)27-20(25)24-14-12-23(13-15-24)18-8-10-22(11-9-18)19-7-5-4-6-17(19)16-26-22;5-3(6)1-2-4(7)8/h4-7,18H,8-16H2,1-3H3;1-2H,(H,5,6)(H,7,8)/b;2-1-/t18-,22-;. The summed E-state index contributed by atoms with van der Waals surface area (Å²) in [4.78, 5) is 35.8. The van der Waals surface area contributed by atoms with Crippen LogP contribution < -0.4 is 0 Å². The second-order valence-corrected chi connectivity index (χ2v) is 10.2. The van der Waals surface area contributed by atoms with Gasteiger partial charge in [-0.25, -0.2) is 14.4 Å². The highest BCUT2D eigenvalue weighted by atomic mass is 16.6. The van der Waals surface area contributed by atoms with E-state index in [4.69, 9.17) is 19.7 Å². The molecule has 9 nitrogen and oxygen atoms in total. The Morgan fingerprint density at radius 3 is 2.11 bits per heavy atom. The van der Waals surface area contributed by atoms with E-state index in [0.29, 0.717) is 18.2 Å². The van der Waals surface area contributed by atoms with E-state index >= 15 is 0 Å². The molecule has 1 saturated heterocycles. The predicted octanol–water partition coefficient (Wildman–Crippen LogP) is 3.62. The second-order valence-electron chi connectivity index (χ2n) is 10.2. The number of carboxylic acids is 2. The Kier molecular flexibility index (Phi) is 8.56. The normalized spacial score (nSPS) is 24.5. The number of aliphatic carboxylic acids is 2. The van der Waals surface area contributed by atoms with Crippen LogP contribution in [0.2, 0.25) is 0 Å². The fourth-order valence-electron chi connectivity index (χ4n) is 4.97. The van der Waals surface area contributed by atoms with Crippen LogP contribution in [0.15, 0.2) is 36.4 Å². The molecule has 2 fully saturated rings. The quantitative estimate of drug-likeness (QED) is 0.620. The van der Waals surface area contributed by atoms with E-state index < -0.39 is 17.5 Å². The molecule has 1 aromatic carbocycles. The minimum atomic E-state index is -1.26. The molecule has 0 aromatic heterocycles. The van der Waals surface area contributed by atoms with Gasteiger partial charge < -0.3 is 24.6 Å². The van der Waals surface area contributed by atoms with E-state index in [1.165, 1.54) is 24.0 Å². The number of rotatable bonds is 3. The van der Waals surface area contributed by atoms with E-state index in [0.717, 1.165) is 45.6 Å². The Bertz CT molecular complexity index is 921. The van der Waals surface area contributed by atoms with Gasteiger partial charge in [-0.1, -0.05) is 24.3 Å². The highest BCUT2D eigenvalue weighted by Crippen LogP contribution is 2.47. The molecule has 0 atom stereocenters. The summed E-state index contributed by atoms with van der Waals surface area (Å²) >= 11 is 0. The van der Waals surface area contributed by atoms with Crippen molar-refractivity contribution in [3.8, 4) is 0 Å². The third kappa shape index (κ3) is 7.29. The zero-order valence-electron chi connectivity index (χ0n) is 20.7. The molecule has 35 heavy (non-hydrogen) atoms. The number of fused-ring (bicyclic) bond motifs is 2. The zero-order valence-corrected chi connectivity index (χ0v) is 20.7. The van der Waals surface area contributed by atoms with Crippen LogP contribution in [-0.4, -0.2) is 75.9 Å². The fourth-order valence-corrected chi connectivity index (χ4v) is 4.97. The summed E-state index contributed by atoms with van der Waals surface area (Å²) in [6.07, 6.45) is 5.47. The molecule has 0 bridgehead atoms. The number of carbonyl (C=O) groups excluding carboxylic acids is 1. The number of carbonyl (C=O) groups is 3. The monoisotopic (exact) mass is 488 g/mol. The molecule has 192 valence electrons. The molecule has 1 aromatic rings. The van der Waals surface area contributed by atoms with Crippen molar-refractivity contribution in [3.63, 3.8) is 0 Å². The number of amides is 1. The van der Waals surface area contributed by atoms with E-state index in [1.54, 1.807) is 0 Å². The Balaban J connectivity index is 0.000000371. The molecule has 1 amide bonds. The SMILES string of the molecule is CC(C)(C)OC(=O)N1CCN([C@H]2CC[C@@]3(CC2)OCc2ccccc23)CC1.O=C(O)/C=C\C(=O)O. The molecule has 1 aliphatic carbocycles. The maximum atomic E-state index is 12.3. The van der Waals surface area contributed by atoms with Crippen LogP contribution >= 0.6 is 0 Å². The molecule has 1 spiro atoms. The Labute approximate surface area is 206 Å². The van der Waals surface area contributed by atoms with Gasteiger partial charge in [-0.2, -0.15) is 0 Å². The van der Waals surface area contributed by atoms with E-state index in [1.807, 2.05) is 25.7 Å². The summed E-state index contributed by atoms with van der Waals surface area (Å²) in [7, 11) is 0. The van der Waals surface area contributed by atoms with Crippen LogP contribution in [0.3, 0.4) is 0 Å². The lowest BCUT2D eigenvalue weighted by molar-refractivity contribution is -0.134. The summed E-state index contributed by atoms with van der Waals surface area (Å²) in [5, 5.41) is 15.6. The van der Waals surface area contributed by atoms with Crippen molar-refractivity contribution >= 4 is 18.0 Å². The molecule has 0 unspecified atom stereocenters. The first-order valence-electron chi connectivity index (χ1n) is 12.1. The Hall–Kier alpha value is -2.91. The van der Waals surface area contributed by atoms with Crippen LogP contribution in [-0.2, 0) is 31.3 Å². The van der Waals surface area contributed by atoms with Gasteiger partial charge in [-0.05, 0) is 57.6 Å². The minimum absolute atomic E-state index is 0.0502. The van der Waals surface area contributed by atoms with Crippen LogP contribution in [0.4, 0.5) is 4.79 Å². The fraction of sp³-hybridized carbons (Fsp3) is 0.577. The van der Waals surface area contributed by atoms with Crippen molar-refractivity contribution in [2.45, 2.75) is 70.3 Å². The van der Waals surface area contributed by atoms with Crippen molar-refractivity contribution in [2.75, 3.05) is 26.2 Å². The minimum Gasteiger partial charge on any atom is -0.478 e. The van der Waals surface area contributed by atoms with Gasteiger partial charge in [0.25, 0.3) is 0 Å². The third-order valence-electron chi connectivity index (χ3n) is 6.63. The van der Waals surface area contributed by atoms with Gasteiger partial charge in [0.05, 0.1) is 12.2 Å². The summed E-state index contributed by atoms with van der Waals surface area (Å²) in [6, 6.07) is 9.30. The zero-order chi connectivity index (χ0) is 25.6. The van der Waals surface area contributed by atoms with Crippen LogP contribution in [0.5, 0.6) is 0 Å². The molecule has 0 radical (unpaired) electrons. The number of hydrogen-bond acceptors (Lipinski definition) is 6. The van der Waals surface area contributed by atoms with E-state index in [9.17, 15) is 14.4 Å². The highest BCUT2D eigenvalue weighted by molar-refractivity contribution is 5.89. The van der Waals surface area contributed by atoms with Gasteiger partial charge in [0.2, 0.25) is 0 Å². The Morgan fingerprint density at radius 1 is 1.00 bits per heavy atom. The summed E-state index contributed by atoms with van der Waals surface area (Å²) in [5.41, 5.74) is 2.30. The van der Waals surface area contributed by atoms with Gasteiger partial charge in [-0.3, -0.25) is 4.90 Å². The number of ether oxygens (including phenoxy) is 2. The maximum Gasteiger partial charge on any atom is 0.410 e. The predicted molar refractivity (Wildman–Crippen MR) is 129 cm³/mol. The van der Waals surface area contributed by atoms with Crippen molar-refractivity contribution in [1.82, 2.24) is 9.80 Å². The van der Waals surface area contributed by atoms with Gasteiger partial charge >= 0.3 is 18.0 Å². The van der Waals surface area contributed by atoms with Crippen LogP contribution in [0, 0.1) is 0 Å². The van der Waals surface area contributed by atoms with Gasteiger partial charge in [0.1, 0.15) is 5.60 Å². The lowest BCUT2D eigenvalue weighted by atomic mass is 9.77. The lowest BCUT2D eigenvalue weighted by Gasteiger charge is -2.44. The average molecular weight is 489 g/mol.